The van der Waals surface area contributed by atoms with Crippen LogP contribution in [0.1, 0.15) is 72.4 Å². The van der Waals surface area contributed by atoms with E-state index in [0.717, 1.165) is 44.3 Å². The Bertz CT molecular complexity index is 2990. The highest BCUT2D eigenvalue weighted by molar-refractivity contribution is 7.91. The van der Waals surface area contributed by atoms with E-state index in [2.05, 4.69) is 42.5 Å². The van der Waals surface area contributed by atoms with Gasteiger partial charge in [0.1, 0.15) is 31.0 Å². The number of aliphatic carboxylic acids is 1. The third kappa shape index (κ3) is 11.2. The number of nitrogens with zero attached hydrogens (tertiary/aromatic N) is 3. The number of ether oxygens (including phenoxy) is 3. The van der Waals surface area contributed by atoms with Gasteiger partial charge in [0.2, 0.25) is 5.91 Å². The Labute approximate surface area is 409 Å². The first-order valence-corrected chi connectivity index (χ1v) is 24.9. The Morgan fingerprint density at radius 1 is 0.941 bits per heavy atom. The van der Waals surface area contributed by atoms with Gasteiger partial charge in [-0.2, -0.15) is 9.57 Å². The zero-order chi connectivity index (χ0) is 48.3. The van der Waals surface area contributed by atoms with Gasteiger partial charge in [-0.15, -0.1) is 0 Å². The molecule has 0 spiro atoms. The van der Waals surface area contributed by atoms with Gasteiger partial charge in [-0.1, -0.05) is 110 Å². The summed E-state index contributed by atoms with van der Waals surface area (Å²) in [5.74, 6) is -0.543. The minimum absolute atomic E-state index is 0.0175. The number of thiazole rings is 1. The lowest BCUT2D eigenvalue weighted by Crippen LogP contribution is -2.55. The second-order valence-corrected chi connectivity index (χ2v) is 21.9. The van der Waals surface area contributed by atoms with Gasteiger partial charge in [0.25, 0.3) is 10.0 Å². The lowest BCUT2D eigenvalue weighted by atomic mass is 9.92. The van der Waals surface area contributed by atoms with Crippen LogP contribution in [0.3, 0.4) is 0 Å². The maximum Gasteiger partial charge on any atom is 0.326 e. The van der Waals surface area contributed by atoms with E-state index in [1.807, 2.05) is 54.6 Å². The van der Waals surface area contributed by atoms with E-state index in [1.54, 1.807) is 55.5 Å². The SMILES string of the molecule is Cc1nc(NCCC(C)(C)C)sc1S(=O)(=O)N1Cc2cc3c(cc2C[C@H]1C(=O)N[C@@H](Cc1ccc(-c2ccc(C#N)cc2)cc1)C(=O)O)OCC(c1ccc(OCc2ccc(Cl)c(Cl)c2)cc1)O3. The Hall–Kier alpha value is -6.15. The van der Waals surface area contributed by atoms with Gasteiger partial charge < -0.3 is 30.0 Å². The van der Waals surface area contributed by atoms with Crippen LogP contribution in [-0.4, -0.2) is 59.9 Å². The molecule has 2 aliphatic heterocycles. The molecule has 352 valence electrons. The van der Waals surface area contributed by atoms with E-state index in [-0.39, 0.29) is 41.3 Å². The molecule has 0 fully saturated rings. The minimum Gasteiger partial charge on any atom is -0.489 e. The fourth-order valence-corrected chi connectivity index (χ4v) is 11.4. The van der Waals surface area contributed by atoms with Gasteiger partial charge in [-0.05, 0) is 113 Å². The van der Waals surface area contributed by atoms with Crippen LogP contribution in [0.2, 0.25) is 10.0 Å². The number of amides is 1. The predicted molar refractivity (Wildman–Crippen MR) is 262 cm³/mol. The van der Waals surface area contributed by atoms with Crippen molar-refractivity contribution in [3.63, 3.8) is 0 Å². The number of sulfonamides is 1. The van der Waals surface area contributed by atoms with E-state index in [0.29, 0.717) is 67.8 Å². The zero-order valence-corrected chi connectivity index (χ0v) is 40.9. The number of nitrogens with one attached hydrogen (secondary N) is 2. The monoisotopic (exact) mass is 993 g/mol. The lowest BCUT2D eigenvalue weighted by molar-refractivity contribution is -0.142. The number of halogens is 2. The lowest BCUT2D eigenvalue weighted by Gasteiger charge is -2.36. The van der Waals surface area contributed by atoms with Crippen molar-refractivity contribution < 1.29 is 37.3 Å². The molecule has 1 unspecified atom stereocenters. The fraction of sp³-hybridized carbons (Fsp3) is 0.294. The molecule has 1 amide bonds. The predicted octanol–water partition coefficient (Wildman–Crippen LogP) is 10.2. The van der Waals surface area contributed by atoms with Crippen molar-refractivity contribution in [1.29, 1.82) is 5.26 Å². The highest BCUT2D eigenvalue weighted by Crippen LogP contribution is 2.43. The van der Waals surface area contributed by atoms with Crippen LogP contribution in [0.25, 0.3) is 11.1 Å². The van der Waals surface area contributed by atoms with Gasteiger partial charge in [0.05, 0.1) is 27.4 Å². The van der Waals surface area contributed by atoms with Crippen LogP contribution in [0.5, 0.6) is 17.2 Å². The Morgan fingerprint density at radius 2 is 1.62 bits per heavy atom. The Balaban J connectivity index is 1.03. The molecule has 3 heterocycles. The highest BCUT2D eigenvalue weighted by Gasteiger charge is 2.43. The summed E-state index contributed by atoms with van der Waals surface area (Å²) in [4.78, 5) is 31.8. The smallest absolute Gasteiger partial charge is 0.326 e. The van der Waals surface area contributed by atoms with Crippen molar-refractivity contribution >= 4 is 61.6 Å². The standard InChI is InChI=1S/C51H49Cl2N5O8S2/c1-30-49(67-50(56-30)55-20-19-51(2,3)4)68(62,63)58-27-38-25-45-44(65-29-46(66-45)36-14-16-39(17-15-36)64-28-33-9-18-40(52)41(53)21-33)24-37(38)23-43(58)47(59)57-42(48(60)61)22-31-5-10-34(11-6-31)35-12-7-32(26-54)8-13-35/h5-18,21,24-25,42-43,46H,19-20,22-23,27-29H2,1-4H3,(H,55,56)(H,57,59)(H,60,61)/t42-,43-,46?/m0/s1. The minimum atomic E-state index is -4.39. The van der Waals surface area contributed by atoms with Crippen LogP contribution in [0.4, 0.5) is 5.13 Å². The molecular formula is C51H49Cl2N5O8S2. The van der Waals surface area contributed by atoms with Gasteiger partial charge >= 0.3 is 5.97 Å². The van der Waals surface area contributed by atoms with Crippen molar-refractivity contribution in [3.8, 4) is 34.4 Å². The number of aromatic nitrogens is 1. The Morgan fingerprint density at radius 3 is 2.28 bits per heavy atom. The number of rotatable bonds is 15. The van der Waals surface area contributed by atoms with Crippen molar-refractivity contribution in [1.82, 2.24) is 14.6 Å². The summed E-state index contributed by atoms with van der Waals surface area (Å²) < 4.78 is 49.5. The topological polar surface area (TPSA) is 180 Å². The molecule has 0 saturated heterocycles. The van der Waals surface area contributed by atoms with Gasteiger partial charge in [-0.25, -0.2) is 18.2 Å². The highest BCUT2D eigenvalue weighted by atomic mass is 35.5. The van der Waals surface area contributed by atoms with Gasteiger partial charge in [-0.3, -0.25) is 4.79 Å². The molecule has 0 saturated carbocycles. The summed E-state index contributed by atoms with van der Waals surface area (Å²) in [6.45, 7) is 8.82. The van der Waals surface area contributed by atoms with Crippen LogP contribution < -0.4 is 24.8 Å². The number of carbonyl (C=O) groups is 2. The number of carboxylic acids is 1. The summed E-state index contributed by atoms with van der Waals surface area (Å²) in [6.07, 6.45) is 0.208. The van der Waals surface area contributed by atoms with E-state index in [4.69, 9.17) is 42.7 Å². The van der Waals surface area contributed by atoms with Crippen LogP contribution >= 0.6 is 34.5 Å². The summed E-state index contributed by atoms with van der Waals surface area (Å²) in [5, 5.41) is 26.8. The third-order valence-corrected chi connectivity index (χ3v) is 16.1. The third-order valence-electron chi connectivity index (χ3n) is 11.8. The first-order valence-electron chi connectivity index (χ1n) is 21.9. The number of fused-ring (bicyclic) bond motifs is 2. The molecule has 3 N–H and O–H groups in total. The quantitative estimate of drug-likeness (QED) is 0.0891. The number of aryl methyl sites for hydroxylation is 1. The second kappa shape index (κ2) is 20.2. The zero-order valence-electron chi connectivity index (χ0n) is 37.7. The van der Waals surface area contributed by atoms with Crippen LogP contribution in [0, 0.1) is 23.7 Å². The van der Waals surface area contributed by atoms with Crippen LogP contribution in [-0.2, 0) is 45.6 Å². The average Bonchev–Trinajstić information content (AvgIpc) is 3.70. The number of carbonyl (C=O) groups excluding carboxylic acids is 1. The number of nitriles is 1. The Kier molecular flexibility index (Phi) is 14.4. The second-order valence-electron chi connectivity index (χ2n) is 18.0. The molecule has 8 rings (SSSR count). The molecule has 0 bridgehead atoms. The van der Waals surface area contributed by atoms with Crippen molar-refractivity contribution in [2.45, 2.75) is 82.5 Å². The van der Waals surface area contributed by atoms with E-state index in [1.165, 1.54) is 0 Å². The van der Waals surface area contributed by atoms with Gasteiger partial charge in [0, 0.05) is 19.5 Å². The molecule has 6 aromatic rings. The van der Waals surface area contributed by atoms with E-state index >= 15 is 0 Å². The largest absolute Gasteiger partial charge is 0.489 e. The summed E-state index contributed by atoms with van der Waals surface area (Å²) >= 11 is 13.2. The van der Waals surface area contributed by atoms with Crippen molar-refractivity contribution in [3.05, 3.63) is 152 Å². The number of benzene rings is 5. The van der Waals surface area contributed by atoms with Gasteiger partial charge in [0.15, 0.2) is 26.9 Å². The van der Waals surface area contributed by atoms with Crippen molar-refractivity contribution in [2.75, 3.05) is 18.5 Å². The number of anilines is 1. The van der Waals surface area contributed by atoms with Crippen molar-refractivity contribution in [2.24, 2.45) is 5.41 Å². The molecule has 3 atom stereocenters. The fourth-order valence-electron chi connectivity index (χ4n) is 7.96. The maximum absolute atomic E-state index is 14.9. The summed E-state index contributed by atoms with van der Waals surface area (Å²) in [5.41, 5.74) is 6.22. The van der Waals surface area contributed by atoms with E-state index in [9.17, 15) is 23.1 Å². The number of hydrogen-bond donors (Lipinski definition) is 3. The molecule has 0 radical (unpaired) electrons. The molecule has 68 heavy (non-hydrogen) atoms. The maximum atomic E-state index is 14.9. The molecule has 0 aliphatic carbocycles. The molecule has 5 aromatic carbocycles. The molecule has 13 nitrogen and oxygen atoms in total. The average molecular weight is 995 g/mol. The molecular weight excluding hydrogens is 946 g/mol. The molecule has 17 heteroatoms. The molecule has 2 aliphatic rings. The first-order chi connectivity index (χ1) is 32.4. The number of carboxylic acid groups (broad SMARTS) is 1. The summed E-state index contributed by atoms with van der Waals surface area (Å²) in [7, 11) is -4.39. The summed E-state index contributed by atoms with van der Waals surface area (Å²) in [6, 6.07) is 30.1. The first kappa shape index (κ1) is 48.3. The van der Waals surface area contributed by atoms with E-state index < -0.39 is 40.1 Å². The number of hydrogen-bond acceptors (Lipinski definition) is 11. The molecule has 1 aromatic heterocycles. The van der Waals surface area contributed by atoms with Crippen LogP contribution in [0.15, 0.2) is 107 Å². The normalized spacial score (nSPS) is 16.2.